The zero-order chi connectivity index (χ0) is 27.2. The molecule has 3 aromatic carbocycles. The number of nitrogens with one attached hydrogen (secondary N) is 1. The fourth-order valence-electron chi connectivity index (χ4n) is 3.91. The summed E-state index contributed by atoms with van der Waals surface area (Å²) in [6.07, 6.45) is 3.48. The predicted octanol–water partition coefficient (Wildman–Crippen LogP) is 5.85. The Hall–Kier alpha value is -4.43. The summed E-state index contributed by atoms with van der Waals surface area (Å²) in [6.45, 7) is 6.12. The first-order valence-corrected chi connectivity index (χ1v) is 12.1. The molecule has 0 atom stereocenters. The number of benzene rings is 3. The van der Waals surface area contributed by atoms with Crippen molar-refractivity contribution in [1.29, 1.82) is 0 Å². The number of halogens is 2. The fourth-order valence-corrected chi connectivity index (χ4v) is 4.10. The first kappa shape index (κ1) is 26.6. The number of anilines is 1. The summed E-state index contributed by atoms with van der Waals surface area (Å²) < 4.78 is 25.2. The van der Waals surface area contributed by atoms with Crippen LogP contribution in [-0.2, 0) is 22.6 Å². The van der Waals surface area contributed by atoms with Crippen LogP contribution in [0, 0.1) is 5.82 Å². The van der Waals surface area contributed by atoms with Crippen LogP contribution in [-0.4, -0.2) is 24.5 Å². The number of barbiturate groups is 1. The van der Waals surface area contributed by atoms with Crippen LogP contribution < -0.4 is 19.7 Å². The van der Waals surface area contributed by atoms with Crippen LogP contribution >= 0.6 is 11.6 Å². The van der Waals surface area contributed by atoms with Crippen LogP contribution in [0.25, 0.3) is 6.08 Å². The van der Waals surface area contributed by atoms with Gasteiger partial charge in [0, 0.05) is 10.6 Å². The van der Waals surface area contributed by atoms with Crippen molar-refractivity contribution in [3.05, 3.63) is 106 Å². The summed E-state index contributed by atoms with van der Waals surface area (Å²) >= 11 is 6.03. The van der Waals surface area contributed by atoms with E-state index in [-0.39, 0.29) is 23.7 Å². The number of hydrogen-bond acceptors (Lipinski definition) is 5. The number of imide groups is 2. The molecule has 0 saturated carbocycles. The van der Waals surface area contributed by atoms with Gasteiger partial charge in [0.15, 0.2) is 11.5 Å². The van der Waals surface area contributed by atoms with E-state index in [2.05, 4.69) is 11.9 Å². The average Bonchev–Trinajstić information content (AvgIpc) is 2.87. The number of rotatable bonds is 9. The highest BCUT2D eigenvalue weighted by atomic mass is 35.5. The molecule has 38 heavy (non-hydrogen) atoms. The van der Waals surface area contributed by atoms with Crippen molar-refractivity contribution in [3.8, 4) is 11.5 Å². The van der Waals surface area contributed by atoms with Gasteiger partial charge in [-0.2, -0.15) is 0 Å². The van der Waals surface area contributed by atoms with Crippen LogP contribution in [0.4, 0.5) is 14.9 Å². The largest absolute Gasteiger partial charge is 0.490 e. The van der Waals surface area contributed by atoms with Crippen LogP contribution in [0.5, 0.6) is 11.5 Å². The van der Waals surface area contributed by atoms with Crippen molar-refractivity contribution in [2.75, 3.05) is 11.5 Å². The first-order valence-electron chi connectivity index (χ1n) is 11.8. The summed E-state index contributed by atoms with van der Waals surface area (Å²) in [6, 6.07) is 14.7. The summed E-state index contributed by atoms with van der Waals surface area (Å²) in [5.74, 6) is -1.09. The van der Waals surface area contributed by atoms with E-state index in [1.165, 1.54) is 24.3 Å². The molecular weight excluding hydrogens is 511 g/mol. The number of allylic oxidation sites excluding steroid dienone is 1. The quantitative estimate of drug-likeness (QED) is 0.211. The Morgan fingerprint density at radius 1 is 1.05 bits per heavy atom. The molecule has 0 spiro atoms. The van der Waals surface area contributed by atoms with E-state index in [9.17, 15) is 18.8 Å². The van der Waals surface area contributed by atoms with E-state index in [4.69, 9.17) is 21.1 Å². The van der Waals surface area contributed by atoms with E-state index in [0.717, 1.165) is 10.5 Å². The van der Waals surface area contributed by atoms with Crippen LogP contribution in [0.15, 0.2) is 78.9 Å². The van der Waals surface area contributed by atoms with Crippen molar-refractivity contribution in [1.82, 2.24) is 5.32 Å². The molecule has 0 bridgehead atoms. The first-order chi connectivity index (χ1) is 18.3. The minimum absolute atomic E-state index is 0.169. The van der Waals surface area contributed by atoms with Crippen LogP contribution in [0.3, 0.4) is 0 Å². The Kier molecular flexibility index (Phi) is 8.23. The molecule has 1 saturated heterocycles. The zero-order valence-electron chi connectivity index (χ0n) is 20.5. The second-order valence-electron chi connectivity index (χ2n) is 8.29. The van der Waals surface area contributed by atoms with E-state index in [1.54, 1.807) is 48.5 Å². The third-order valence-electron chi connectivity index (χ3n) is 5.59. The SMILES string of the molecule is C=CCc1cc(/C=C2\C(=O)NC(=O)N(c3cccc(Cl)c3)C2=O)cc(OCC)c1OCc1ccc(F)cc1. The van der Waals surface area contributed by atoms with Crippen molar-refractivity contribution in [2.24, 2.45) is 0 Å². The average molecular weight is 535 g/mol. The summed E-state index contributed by atoms with van der Waals surface area (Å²) in [7, 11) is 0. The molecule has 0 aromatic heterocycles. The molecule has 4 amide bonds. The molecule has 7 nitrogen and oxygen atoms in total. The van der Waals surface area contributed by atoms with Gasteiger partial charge < -0.3 is 9.47 Å². The summed E-state index contributed by atoms with van der Waals surface area (Å²) in [5.41, 5.74) is 1.94. The van der Waals surface area contributed by atoms with Crippen LogP contribution in [0.2, 0.25) is 5.02 Å². The molecule has 1 heterocycles. The number of hydrogen-bond donors (Lipinski definition) is 1. The van der Waals surface area contributed by atoms with E-state index in [1.807, 2.05) is 6.92 Å². The smallest absolute Gasteiger partial charge is 0.335 e. The molecule has 1 N–H and O–H groups in total. The van der Waals surface area contributed by atoms with E-state index >= 15 is 0 Å². The van der Waals surface area contributed by atoms with Gasteiger partial charge in [0.05, 0.1) is 12.3 Å². The summed E-state index contributed by atoms with van der Waals surface area (Å²) in [4.78, 5) is 39.3. The monoisotopic (exact) mass is 534 g/mol. The van der Waals surface area contributed by atoms with Crippen molar-refractivity contribution in [2.45, 2.75) is 20.0 Å². The van der Waals surface area contributed by atoms with E-state index in [0.29, 0.717) is 40.7 Å². The zero-order valence-corrected chi connectivity index (χ0v) is 21.3. The molecule has 1 aliphatic heterocycles. The Labute approximate surface area is 224 Å². The van der Waals surface area contributed by atoms with Gasteiger partial charge in [-0.15, -0.1) is 6.58 Å². The number of carbonyl (C=O) groups is 3. The van der Waals surface area contributed by atoms with Gasteiger partial charge in [-0.3, -0.25) is 14.9 Å². The van der Waals surface area contributed by atoms with Gasteiger partial charge in [-0.1, -0.05) is 35.9 Å². The Morgan fingerprint density at radius 2 is 1.82 bits per heavy atom. The van der Waals surface area contributed by atoms with Crippen molar-refractivity contribution >= 4 is 41.2 Å². The Morgan fingerprint density at radius 3 is 2.50 bits per heavy atom. The number of urea groups is 1. The van der Waals surface area contributed by atoms with Crippen LogP contribution in [0.1, 0.15) is 23.6 Å². The normalized spacial score (nSPS) is 14.4. The van der Waals surface area contributed by atoms with Crippen molar-refractivity contribution in [3.63, 3.8) is 0 Å². The molecule has 1 aliphatic rings. The lowest BCUT2D eigenvalue weighted by molar-refractivity contribution is -0.122. The number of nitrogens with zero attached hydrogens (tertiary/aromatic N) is 1. The lowest BCUT2D eigenvalue weighted by Gasteiger charge is -2.26. The molecule has 0 aliphatic carbocycles. The van der Waals surface area contributed by atoms with Gasteiger partial charge >= 0.3 is 6.03 Å². The Balaban J connectivity index is 1.71. The van der Waals surface area contributed by atoms with Gasteiger partial charge in [-0.05, 0) is 73.0 Å². The minimum atomic E-state index is -0.869. The molecule has 194 valence electrons. The second kappa shape index (κ2) is 11.7. The standard InChI is InChI=1S/C29H24ClFN2O5/c1-3-6-20-13-19(15-25(37-4-2)26(20)38-17-18-9-11-22(31)12-10-18)14-24-27(34)32-29(36)33(28(24)35)23-8-5-7-21(30)16-23/h3,5,7-16H,1,4,6,17H2,2H3,(H,32,34,36)/b24-14+. The molecule has 9 heteroatoms. The maximum Gasteiger partial charge on any atom is 0.335 e. The molecule has 4 rings (SSSR count). The lowest BCUT2D eigenvalue weighted by Crippen LogP contribution is -2.54. The maximum absolute atomic E-state index is 13.3. The maximum atomic E-state index is 13.3. The second-order valence-corrected chi connectivity index (χ2v) is 8.72. The van der Waals surface area contributed by atoms with Gasteiger partial charge in [0.1, 0.15) is 18.0 Å². The molecule has 0 unspecified atom stereocenters. The highest BCUT2D eigenvalue weighted by Gasteiger charge is 2.37. The molecular formula is C29H24ClFN2O5. The predicted molar refractivity (Wildman–Crippen MR) is 143 cm³/mol. The van der Waals surface area contributed by atoms with Gasteiger partial charge in [-0.25, -0.2) is 14.1 Å². The van der Waals surface area contributed by atoms with Crippen molar-refractivity contribution < 1.29 is 28.2 Å². The summed E-state index contributed by atoms with van der Waals surface area (Å²) in [5, 5.41) is 2.53. The highest BCUT2D eigenvalue weighted by molar-refractivity contribution is 6.39. The topological polar surface area (TPSA) is 84.9 Å². The molecule has 0 radical (unpaired) electrons. The molecule has 3 aromatic rings. The molecule has 1 fully saturated rings. The van der Waals surface area contributed by atoms with E-state index < -0.39 is 17.8 Å². The minimum Gasteiger partial charge on any atom is -0.490 e. The number of carbonyl (C=O) groups excluding carboxylic acids is 3. The number of amides is 4. The fraction of sp³-hybridized carbons (Fsp3) is 0.138. The lowest BCUT2D eigenvalue weighted by atomic mass is 10.0. The number of ether oxygens (including phenoxy) is 2. The van der Waals surface area contributed by atoms with Gasteiger partial charge in [0.25, 0.3) is 11.8 Å². The highest BCUT2D eigenvalue weighted by Crippen LogP contribution is 2.36. The third kappa shape index (κ3) is 5.92. The third-order valence-corrected chi connectivity index (χ3v) is 5.83. The Bertz CT molecular complexity index is 1440. The van der Waals surface area contributed by atoms with Gasteiger partial charge in [0.2, 0.25) is 0 Å².